The number of rotatable bonds is 5. The van der Waals surface area contributed by atoms with E-state index in [4.69, 9.17) is 11.2 Å². The van der Waals surface area contributed by atoms with Crippen molar-refractivity contribution in [2.24, 2.45) is 5.10 Å². The molecule has 22 heavy (non-hydrogen) atoms. The van der Waals surface area contributed by atoms with E-state index in [1.807, 2.05) is 43.3 Å². The Kier molecular flexibility index (Phi) is 5.33. The Morgan fingerprint density at radius 2 is 2.00 bits per heavy atom. The monoisotopic (exact) mass is 292 g/mol. The molecule has 0 unspecified atom stereocenters. The minimum Gasteiger partial charge on any atom is -0.480 e. The Bertz CT molecular complexity index is 730. The average molecular weight is 292 g/mol. The van der Waals surface area contributed by atoms with Crippen LogP contribution in [0.15, 0.2) is 53.6 Å². The molecule has 0 spiro atoms. The number of nitrogens with one attached hydrogen (secondary N) is 1. The fourth-order valence-corrected chi connectivity index (χ4v) is 1.89. The number of nitrogens with zero attached hydrogens (tertiary/aromatic N) is 1. The molecule has 0 saturated heterocycles. The fourth-order valence-electron chi connectivity index (χ4n) is 1.89. The lowest BCUT2D eigenvalue weighted by atomic mass is 10.1. The van der Waals surface area contributed by atoms with E-state index in [1.54, 1.807) is 12.1 Å². The van der Waals surface area contributed by atoms with Crippen molar-refractivity contribution < 1.29 is 9.53 Å². The highest BCUT2D eigenvalue weighted by Gasteiger charge is 2.06. The Balaban J connectivity index is 2.06. The molecule has 0 radical (unpaired) electrons. The fraction of sp³-hybridized carbons (Fsp3) is 0.111. The van der Waals surface area contributed by atoms with E-state index >= 15 is 0 Å². The van der Waals surface area contributed by atoms with Crippen LogP contribution in [0.2, 0.25) is 0 Å². The normalized spacial score (nSPS) is 10.2. The van der Waals surface area contributed by atoms with Gasteiger partial charge in [0.2, 0.25) is 0 Å². The maximum Gasteiger partial charge on any atom is 0.271 e. The molecule has 1 N–H and O–H groups in total. The van der Waals surface area contributed by atoms with Crippen LogP contribution in [0.25, 0.3) is 0 Å². The van der Waals surface area contributed by atoms with Crippen LogP contribution < -0.4 is 10.2 Å². The number of hydrazone groups is 1. The van der Waals surface area contributed by atoms with Gasteiger partial charge in [-0.1, -0.05) is 36.3 Å². The van der Waals surface area contributed by atoms with E-state index < -0.39 is 0 Å². The molecule has 2 aromatic carbocycles. The van der Waals surface area contributed by atoms with Gasteiger partial charge in [-0.05, 0) is 30.7 Å². The summed E-state index contributed by atoms with van der Waals surface area (Å²) >= 11 is 0. The molecule has 0 saturated carbocycles. The van der Waals surface area contributed by atoms with Crippen molar-refractivity contribution in [3.05, 3.63) is 65.2 Å². The topological polar surface area (TPSA) is 50.7 Å². The van der Waals surface area contributed by atoms with Gasteiger partial charge in [-0.25, -0.2) is 5.43 Å². The molecular formula is C18H16N2O2. The smallest absolute Gasteiger partial charge is 0.271 e. The first kappa shape index (κ1) is 15.3. The molecule has 4 heteroatoms. The zero-order valence-electron chi connectivity index (χ0n) is 12.2. The first-order valence-electron chi connectivity index (χ1n) is 6.76. The molecule has 4 nitrogen and oxygen atoms in total. The van der Waals surface area contributed by atoms with Crippen LogP contribution in [-0.2, 0) is 0 Å². The van der Waals surface area contributed by atoms with Gasteiger partial charge in [0, 0.05) is 11.1 Å². The first-order valence-corrected chi connectivity index (χ1v) is 6.76. The van der Waals surface area contributed by atoms with Gasteiger partial charge in [-0.3, -0.25) is 4.79 Å². The number of hydrogen-bond acceptors (Lipinski definition) is 3. The maximum atomic E-state index is 12.0. The van der Waals surface area contributed by atoms with Gasteiger partial charge >= 0.3 is 0 Å². The number of carbonyl (C=O) groups is 1. The number of amides is 1. The number of ether oxygens (including phenoxy) is 1. The van der Waals surface area contributed by atoms with Gasteiger partial charge < -0.3 is 4.74 Å². The summed E-state index contributed by atoms with van der Waals surface area (Å²) in [6.45, 7) is 2.06. The molecule has 0 atom stereocenters. The molecule has 1 amide bonds. The summed E-state index contributed by atoms with van der Waals surface area (Å²) in [4.78, 5) is 12.0. The quantitative estimate of drug-likeness (QED) is 0.523. The Hall–Kier alpha value is -3.06. The van der Waals surface area contributed by atoms with E-state index in [2.05, 4.69) is 16.4 Å². The molecule has 2 rings (SSSR count). The summed E-state index contributed by atoms with van der Waals surface area (Å²) in [7, 11) is 0. The van der Waals surface area contributed by atoms with Gasteiger partial charge in [0.25, 0.3) is 5.91 Å². The Labute approximate surface area is 129 Å². The zero-order valence-corrected chi connectivity index (χ0v) is 12.2. The standard InChI is InChI=1S/C18H16N2O2/c1-3-12-22-17-11-7-5-9-15(17)13-19-20-18(21)16-10-6-4-8-14(16)2/h1,4-11,13H,12H2,2H3,(H,20,21)/b19-13-. The summed E-state index contributed by atoms with van der Waals surface area (Å²) in [5, 5.41) is 3.97. The van der Waals surface area contributed by atoms with Crippen molar-refractivity contribution in [3.8, 4) is 18.1 Å². The third-order valence-corrected chi connectivity index (χ3v) is 2.99. The van der Waals surface area contributed by atoms with Crippen LogP contribution in [0.4, 0.5) is 0 Å². The van der Waals surface area contributed by atoms with Crippen molar-refractivity contribution in [2.75, 3.05) is 6.61 Å². The average Bonchev–Trinajstić information content (AvgIpc) is 2.54. The predicted molar refractivity (Wildman–Crippen MR) is 87.0 cm³/mol. The minimum atomic E-state index is -0.253. The van der Waals surface area contributed by atoms with Gasteiger partial charge in [0.15, 0.2) is 0 Å². The van der Waals surface area contributed by atoms with Gasteiger partial charge in [-0.2, -0.15) is 5.10 Å². The summed E-state index contributed by atoms with van der Waals surface area (Å²) in [5.74, 6) is 2.78. The second kappa shape index (κ2) is 7.65. The van der Waals surface area contributed by atoms with E-state index in [0.29, 0.717) is 11.3 Å². The number of benzene rings is 2. The van der Waals surface area contributed by atoms with Crippen molar-refractivity contribution in [2.45, 2.75) is 6.92 Å². The highest BCUT2D eigenvalue weighted by molar-refractivity contribution is 5.96. The van der Waals surface area contributed by atoms with Crippen molar-refractivity contribution in [3.63, 3.8) is 0 Å². The predicted octanol–water partition coefficient (Wildman–Crippen LogP) is 2.77. The number of terminal acetylenes is 1. The highest BCUT2D eigenvalue weighted by atomic mass is 16.5. The SMILES string of the molecule is C#CCOc1ccccc1/C=N\NC(=O)c1ccccc1C. The lowest BCUT2D eigenvalue weighted by Gasteiger charge is -2.06. The van der Waals surface area contributed by atoms with Crippen LogP contribution in [0.5, 0.6) is 5.75 Å². The zero-order chi connectivity index (χ0) is 15.8. The lowest BCUT2D eigenvalue weighted by molar-refractivity contribution is 0.0954. The maximum absolute atomic E-state index is 12.0. The molecule has 2 aromatic rings. The van der Waals surface area contributed by atoms with Crippen molar-refractivity contribution >= 4 is 12.1 Å². The van der Waals surface area contributed by atoms with E-state index in [9.17, 15) is 4.79 Å². The van der Waals surface area contributed by atoms with Gasteiger partial charge in [-0.15, -0.1) is 6.42 Å². The number of carbonyl (C=O) groups excluding carboxylic acids is 1. The van der Waals surface area contributed by atoms with E-state index in [0.717, 1.165) is 11.1 Å². The summed E-state index contributed by atoms with van der Waals surface area (Å²) in [6.07, 6.45) is 6.71. The number of aryl methyl sites for hydroxylation is 1. The van der Waals surface area contributed by atoms with Crippen LogP contribution in [-0.4, -0.2) is 18.7 Å². The third kappa shape index (κ3) is 3.97. The largest absolute Gasteiger partial charge is 0.480 e. The molecule has 0 aliphatic heterocycles. The van der Waals surface area contributed by atoms with Crippen molar-refractivity contribution in [1.82, 2.24) is 5.43 Å². The molecule has 110 valence electrons. The lowest BCUT2D eigenvalue weighted by Crippen LogP contribution is -2.18. The minimum absolute atomic E-state index is 0.181. The summed E-state index contributed by atoms with van der Waals surface area (Å²) in [6, 6.07) is 14.6. The molecule has 0 aliphatic rings. The van der Waals surface area contributed by atoms with Crippen LogP contribution >= 0.6 is 0 Å². The van der Waals surface area contributed by atoms with Crippen LogP contribution in [0.1, 0.15) is 21.5 Å². The second-order valence-corrected chi connectivity index (χ2v) is 4.54. The van der Waals surface area contributed by atoms with E-state index in [1.165, 1.54) is 6.21 Å². The Morgan fingerprint density at radius 3 is 2.77 bits per heavy atom. The van der Waals surface area contributed by atoms with Gasteiger partial charge in [0.1, 0.15) is 12.4 Å². The number of hydrogen-bond donors (Lipinski definition) is 1. The highest BCUT2D eigenvalue weighted by Crippen LogP contribution is 2.15. The second-order valence-electron chi connectivity index (χ2n) is 4.54. The van der Waals surface area contributed by atoms with Crippen molar-refractivity contribution in [1.29, 1.82) is 0 Å². The van der Waals surface area contributed by atoms with Gasteiger partial charge in [0.05, 0.1) is 6.21 Å². The van der Waals surface area contributed by atoms with Crippen LogP contribution in [0.3, 0.4) is 0 Å². The molecule has 0 bridgehead atoms. The molecule has 0 aliphatic carbocycles. The number of para-hydroxylation sites is 1. The summed E-state index contributed by atoms with van der Waals surface area (Å²) < 4.78 is 5.41. The summed E-state index contributed by atoms with van der Waals surface area (Å²) in [5.41, 5.74) is 4.74. The Morgan fingerprint density at radius 1 is 1.27 bits per heavy atom. The first-order chi connectivity index (χ1) is 10.7. The molecular weight excluding hydrogens is 276 g/mol. The third-order valence-electron chi connectivity index (χ3n) is 2.99. The van der Waals surface area contributed by atoms with E-state index in [-0.39, 0.29) is 12.5 Å². The van der Waals surface area contributed by atoms with Crippen LogP contribution in [0, 0.1) is 19.3 Å². The molecule has 0 heterocycles. The molecule has 0 fully saturated rings. The molecule has 0 aromatic heterocycles.